The van der Waals surface area contributed by atoms with Crippen molar-refractivity contribution in [3.8, 4) is 6.07 Å². The molecule has 2 atom stereocenters. The van der Waals surface area contributed by atoms with Crippen LogP contribution in [0.1, 0.15) is 6.42 Å². The highest BCUT2D eigenvalue weighted by Gasteiger charge is 2.24. The highest BCUT2D eigenvalue weighted by Crippen LogP contribution is 2.19. The summed E-state index contributed by atoms with van der Waals surface area (Å²) < 4.78 is 5.01. The van der Waals surface area contributed by atoms with Crippen molar-refractivity contribution < 1.29 is 4.74 Å². The maximum atomic E-state index is 8.33. The number of alkyl halides is 1. The first kappa shape index (κ1) is 6.06. The van der Waals surface area contributed by atoms with Crippen LogP contribution < -0.4 is 0 Å². The molecule has 1 fully saturated rings. The van der Waals surface area contributed by atoms with Gasteiger partial charge in [-0.05, 0) is 6.42 Å². The molecular formula is C5H6BrNO. The van der Waals surface area contributed by atoms with Gasteiger partial charge in [0.25, 0.3) is 0 Å². The SMILES string of the molecule is N#CC1OCCC1Br. The Kier molecular flexibility index (Phi) is 1.87. The van der Waals surface area contributed by atoms with Gasteiger partial charge in [0, 0.05) is 6.61 Å². The van der Waals surface area contributed by atoms with E-state index in [-0.39, 0.29) is 10.9 Å². The van der Waals surface area contributed by atoms with Crippen molar-refractivity contribution in [2.24, 2.45) is 0 Å². The zero-order valence-electron chi connectivity index (χ0n) is 4.30. The van der Waals surface area contributed by atoms with E-state index in [2.05, 4.69) is 15.9 Å². The van der Waals surface area contributed by atoms with Crippen LogP contribution in [0.25, 0.3) is 0 Å². The van der Waals surface area contributed by atoms with Gasteiger partial charge in [-0.15, -0.1) is 0 Å². The van der Waals surface area contributed by atoms with E-state index in [1.165, 1.54) is 0 Å². The van der Waals surface area contributed by atoms with Crippen molar-refractivity contribution in [1.82, 2.24) is 0 Å². The van der Waals surface area contributed by atoms with Gasteiger partial charge in [-0.2, -0.15) is 5.26 Å². The Morgan fingerprint density at radius 3 is 2.75 bits per heavy atom. The largest absolute Gasteiger partial charge is 0.362 e. The predicted molar refractivity (Wildman–Crippen MR) is 32.7 cm³/mol. The fourth-order valence-corrected chi connectivity index (χ4v) is 1.14. The third-order valence-electron chi connectivity index (χ3n) is 1.15. The Balaban J connectivity index is 2.45. The number of rotatable bonds is 0. The number of hydrogen-bond acceptors (Lipinski definition) is 2. The van der Waals surface area contributed by atoms with Crippen molar-refractivity contribution in [3.63, 3.8) is 0 Å². The maximum absolute atomic E-state index is 8.33. The Morgan fingerprint density at radius 2 is 2.50 bits per heavy atom. The first-order valence-electron chi connectivity index (χ1n) is 2.50. The van der Waals surface area contributed by atoms with Crippen molar-refractivity contribution >= 4 is 15.9 Å². The van der Waals surface area contributed by atoms with Crippen LogP contribution in [-0.2, 0) is 4.74 Å². The summed E-state index contributed by atoms with van der Waals surface area (Å²) in [6, 6.07) is 2.04. The highest BCUT2D eigenvalue weighted by molar-refractivity contribution is 9.09. The third kappa shape index (κ3) is 1.01. The second-order valence-electron chi connectivity index (χ2n) is 1.73. The van der Waals surface area contributed by atoms with Gasteiger partial charge in [0.15, 0.2) is 6.10 Å². The van der Waals surface area contributed by atoms with Crippen molar-refractivity contribution in [2.45, 2.75) is 17.4 Å². The summed E-state index contributed by atoms with van der Waals surface area (Å²) in [5.41, 5.74) is 0. The van der Waals surface area contributed by atoms with Gasteiger partial charge in [0.2, 0.25) is 0 Å². The molecule has 0 amide bonds. The minimum Gasteiger partial charge on any atom is -0.362 e. The lowest BCUT2D eigenvalue weighted by Gasteiger charge is -1.99. The number of nitrogens with zero attached hydrogens (tertiary/aromatic N) is 1. The molecule has 0 aromatic carbocycles. The molecule has 2 unspecified atom stereocenters. The monoisotopic (exact) mass is 175 g/mol. The lowest BCUT2D eigenvalue weighted by molar-refractivity contribution is 0.152. The standard InChI is InChI=1S/C5H6BrNO/c6-4-1-2-8-5(4)3-7/h4-5H,1-2H2. The van der Waals surface area contributed by atoms with Crippen LogP contribution in [0.15, 0.2) is 0 Å². The van der Waals surface area contributed by atoms with Crippen molar-refractivity contribution in [3.05, 3.63) is 0 Å². The second kappa shape index (κ2) is 2.47. The summed E-state index contributed by atoms with van der Waals surface area (Å²) in [7, 11) is 0. The second-order valence-corrected chi connectivity index (χ2v) is 2.90. The van der Waals surface area contributed by atoms with Crippen molar-refractivity contribution in [2.75, 3.05) is 6.61 Å². The molecule has 0 aliphatic carbocycles. The summed E-state index contributed by atoms with van der Waals surface area (Å²) in [6.45, 7) is 0.716. The van der Waals surface area contributed by atoms with Crippen LogP contribution in [0, 0.1) is 11.3 Å². The number of nitriles is 1. The van der Waals surface area contributed by atoms with E-state index in [9.17, 15) is 0 Å². The van der Waals surface area contributed by atoms with Gasteiger partial charge < -0.3 is 4.74 Å². The van der Waals surface area contributed by atoms with Gasteiger partial charge in [-0.3, -0.25) is 0 Å². The first-order valence-corrected chi connectivity index (χ1v) is 3.41. The molecule has 0 aromatic rings. The van der Waals surface area contributed by atoms with Gasteiger partial charge in [-0.1, -0.05) is 15.9 Å². The fraction of sp³-hybridized carbons (Fsp3) is 0.800. The van der Waals surface area contributed by atoms with Crippen LogP contribution in [0.5, 0.6) is 0 Å². The van der Waals surface area contributed by atoms with Crippen LogP contribution in [0.3, 0.4) is 0 Å². The average molecular weight is 176 g/mol. The Bertz CT molecular complexity index is 120. The summed E-state index contributed by atoms with van der Waals surface area (Å²) in [6.07, 6.45) is 0.744. The molecule has 0 bridgehead atoms. The van der Waals surface area contributed by atoms with E-state index in [1.54, 1.807) is 0 Å². The Morgan fingerprint density at radius 1 is 1.75 bits per heavy atom. The molecule has 1 heterocycles. The van der Waals surface area contributed by atoms with Gasteiger partial charge in [0.1, 0.15) is 0 Å². The molecule has 44 valence electrons. The molecular weight excluding hydrogens is 170 g/mol. The highest BCUT2D eigenvalue weighted by atomic mass is 79.9. The number of ether oxygens (including phenoxy) is 1. The molecule has 1 saturated heterocycles. The number of halogens is 1. The minimum atomic E-state index is -0.213. The molecule has 1 rings (SSSR count). The van der Waals surface area contributed by atoms with Crippen LogP contribution in [0.2, 0.25) is 0 Å². The molecule has 1 aliphatic rings. The summed E-state index contributed by atoms with van der Waals surface area (Å²) in [5, 5.41) is 8.33. The Labute approximate surface area is 56.6 Å². The van der Waals surface area contributed by atoms with Gasteiger partial charge >= 0.3 is 0 Å². The lowest BCUT2D eigenvalue weighted by atomic mass is 10.3. The first-order chi connectivity index (χ1) is 3.84. The zero-order valence-corrected chi connectivity index (χ0v) is 5.89. The van der Waals surface area contributed by atoms with Crippen LogP contribution in [-0.4, -0.2) is 17.5 Å². The van der Waals surface area contributed by atoms with Crippen molar-refractivity contribution in [1.29, 1.82) is 5.26 Å². The number of hydrogen-bond donors (Lipinski definition) is 0. The van der Waals surface area contributed by atoms with E-state index < -0.39 is 0 Å². The summed E-state index contributed by atoms with van der Waals surface area (Å²) >= 11 is 3.32. The quantitative estimate of drug-likeness (QED) is 0.517. The average Bonchev–Trinajstić information content (AvgIpc) is 2.14. The molecule has 0 spiro atoms. The van der Waals surface area contributed by atoms with E-state index in [0.29, 0.717) is 6.61 Å². The Hall–Kier alpha value is -0.0700. The maximum Gasteiger partial charge on any atom is 0.156 e. The molecule has 0 aromatic heterocycles. The molecule has 8 heavy (non-hydrogen) atoms. The predicted octanol–water partition coefficient (Wildman–Crippen LogP) is 1.06. The van der Waals surface area contributed by atoms with Crippen LogP contribution in [0.4, 0.5) is 0 Å². The molecule has 0 radical (unpaired) electrons. The smallest absolute Gasteiger partial charge is 0.156 e. The fourth-order valence-electron chi connectivity index (χ4n) is 0.682. The summed E-state index contributed by atoms with van der Waals surface area (Å²) in [4.78, 5) is 0.257. The molecule has 2 nitrogen and oxygen atoms in total. The summed E-state index contributed by atoms with van der Waals surface area (Å²) in [5.74, 6) is 0. The van der Waals surface area contributed by atoms with E-state index in [4.69, 9.17) is 10.00 Å². The van der Waals surface area contributed by atoms with E-state index >= 15 is 0 Å². The molecule has 1 aliphatic heterocycles. The topological polar surface area (TPSA) is 33.0 Å². The van der Waals surface area contributed by atoms with Gasteiger partial charge in [0.05, 0.1) is 10.9 Å². The third-order valence-corrected chi connectivity index (χ3v) is 2.08. The molecule has 0 saturated carbocycles. The minimum absolute atomic E-state index is 0.213. The molecule has 3 heteroatoms. The lowest BCUT2D eigenvalue weighted by Crippen LogP contribution is -2.11. The van der Waals surface area contributed by atoms with E-state index in [1.807, 2.05) is 6.07 Å². The molecule has 0 N–H and O–H groups in total. The van der Waals surface area contributed by atoms with Gasteiger partial charge in [-0.25, -0.2) is 0 Å². The van der Waals surface area contributed by atoms with E-state index in [0.717, 1.165) is 6.42 Å². The van der Waals surface area contributed by atoms with Crippen LogP contribution >= 0.6 is 15.9 Å². The normalized spacial score (nSPS) is 37.0. The zero-order chi connectivity index (χ0) is 5.98.